The topological polar surface area (TPSA) is 58.2 Å². The molecule has 1 aromatic carbocycles. The van der Waals surface area contributed by atoms with Crippen molar-refractivity contribution in [3.63, 3.8) is 0 Å². The van der Waals surface area contributed by atoms with Gasteiger partial charge in [-0.25, -0.2) is 0 Å². The molecule has 0 aliphatic heterocycles. The Balaban J connectivity index is 2.61. The zero-order chi connectivity index (χ0) is 14.3. The molecule has 0 unspecified atom stereocenters. The molecule has 4 nitrogen and oxygen atoms in total. The highest BCUT2D eigenvalue weighted by atomic mass is 16.2. The Hall–Kier alpha value is -1.84. The Bertz CT molecular complexity index is 442. The Morgan fingerprint density at radius 1 is 1.11 bits per heavy atom. The Morgan fingerprint density at radius 2 is 1.68 bits per heavy atom. The van der Waals surface area contributed by atoms with Crippen molar-refractivity contribution in [3.05, 3.63) is 24.3 Å². The summed E-state index contributed by atoms with van der Waals surface area (Å²) >= 11 is 0. The first kappa shape index (κ1) is 15.2. The van der Waals surface area contributed by atoms with E-state index in [-0.39, 0.29) is 11.8 Å². The monoisotopic (exact) mass is 262 g/mol. The van der Waals surface area contributed by atoms with Crippen LogP contribution in [0.1, 0.15) is 40.0 Å². The third-order valence-corrected chi connectivity index (χ3v) is 2.50. The molecular weight excluding hydrogens is 240 g/mol. The van der Waals surface area contributed by atoms with Crippen molar-refractivity contribution in [2.45, 2.75) is 40.0 Å². The third-order valence-electron chi connectivity index (χ3n) is 2.50. The van der Waals surface area contributed by atoms with Gasteiger partial charge in [0, 0.05) is 24.2 Å². The standard InChI is InChI=1S/C15H22N2O2/c1-4-6-14(18)16-12-7-5-8-13(10-12)17-15(19)9-11(2)3/h5,7-8,10-11H,4,6,9H2,1-3H3,(H,16,18)(H,17,19). The number of carbonyl (C=O) groups is 2. The van der Waals surface area contributed by atoms with Gasteiger partial charge in [-0.3, -0.25) is 9.59 Å². The zero-order valence-corrected chi connectivity index (χ0v) is 11.8. The number of anilines is 2. The van der Waals surface area contributed by atoms with Crippen LogP contribution in [0.5, 0.6) is 0 Å². The molecule has 0 radical (unpaired) electrons. The lowest BCUT2D eigenvalue weighted by Gasteiger charge is -2.09. The summed E-state index contributed by atoms with van der Waals surface area (Å²) in [5.74, 6) is 0.313. The summed E-state index contributed by atoms with van der Waals surface area (Å²) in [6.45, 7) is 5.96. The molecule has 0 saturated heterocycles. The zero-order valence-electron chi connectivity index (χ0n) is 11.8. The maximum atomic E-state index is 11.7. The molecule has 2 amide bonds. The number of nitrogens with one attached hydrogen (secondary N) is 2. The fourth-order valence-corrected chi connectivity index (χ4v) is 1.71. The highest BCUT2D eigenvalue weighted by Crippen LogP contribution is 2.16. The summed E-state index contributed by atoms with van der Waals surface area (Å²) in [7, 11) is 0. The van der Waals surface area contributed by atoms with Crippen molar-refractivity contribution in [2.24, 2.45) is 5.92 Å². The number of rotatable bonds is 6. The van der Waals surface area contributed by atoms with Crippen LogP contribution in [0.2, 0.25) is 0 Å². The molecule has 0 fully saturated rings. The van der Waals surface area contributed by atoms with E-state index in [1.807, 2.05) is 39.0 Å². The number of hydrogen-bond acceptors (Lipinski definition) is 2. The summed E-state index contributed by atoms with van der Waals surface area (Å²) in [4.78, 5) is 23.2. The van der Waals surface area contributed by atoms with Crippen LogP contribution >= 0.6 is 0 Å². The van der Waals surface area contributed by atoms with Crippen LogP contribution in [0.4, 0.5) is 11.4 Å². The van der Waals surface area contributed by atoms with E-state index in [0.717, 1.165) is 6.42 Å². The van der Waals surface area contributed by atoms with Gasteiger partial charge in [0.15, 0.2) is 0 Å². The van der Waals surface area contributed by atoms with Gasteiger partial charge in [0.25, 0.3) is 0 Å². The van der Waals surface area contributed by atoms with E-state index in [2.05, 4.69) is 10.6 Å². The largest absolute Gasteiger partial charge is 0.326 e. The molecule has 1 rings (SSSR count). The Morgan fingerprint density at radius 3 is 2.21 bits per heavy atom. The molecule has 104 valence electrons. The molecule has 0 heterocycles. The van der Waals surface area contributed by atoms with Crippen molar-refractivity contribution in [3.8, 4) is 0 Å². The molecule has 2 N–H and O–H groups in total. The van der Waals surface area contributed by atoms with E-state index in [1.165, 1.54) is 0 Å². The van der Waals surface area contributed by atoms with Gasteiger partial charge in [-0.15, -0.1) is 0 Å². The summed E-state index contributed by atoms with van der Waals surface area (Å²) in [6, 6.07) is 7.21. The van der Waals surface area contributed by atoms with E-state index in [0.29, 0.717) is 30.1 Å². The van der Waals surface area contributed by atoms with Gasteiger partial charge < -0.3 is 10.6 Å². The lowest BCUT2D eigenvalue weighted by atomic mass is 10.1. The van der Waals surface area contributed by atoms with Gasteiger partial charge >= 0.3 is 0 Å². The first-order chi connectivity index (χ1) is 9.01. The maximum absolute atomic E-state index is 11.7. The molecular formula is C15H22N2O2. The van der Waals surface area contributed by atoms with Crippen LogP contribution in [0, 0.1) is 5.92 Å². The normalized spacial score (nSPS) is 10.3. The molecule has 4 heteroatoms. The maximum Gasteiger partial charge on any atom is 0.224 e. The fraction of sp³-hybridized carbons (Fsp3) is 0.467. The molecule has 0 saturated carbocycles. The van der Waals surface area contributed by atoms with Crippen molar-refractivity contribution in [1.29, 1.82) is 0 Å². The number of hydrogen-bond donors (Lipinski definition) is 2. The van der Waals surface area contributed by atoms with Crippen LogP contribution in [0.25, 0.3) is 0 Å². The molecule has 0 aliphatic rings. The quantitative estimate of drug-likeness (QED) is 0.825. The molecule has 0 spiro atoms. The van der Waals surface area contributed by atoms with Gasteiger partial charge in [0.2, 0.25) is 11.8 Å². The summed E-state index contributed by atoms with van der Waals surface area (Å²) in [5, 5.41) is 5.64. The van der Waals surface area contributed by atoms with Crippen molar-refractivity contribution in [1.82, 2.24) is 0 Å². The van der Waals surface area contributed by atoms with Crippen molar-refractivity contribution < 1.29 is 9.59 Å². The van der Waals surface area contributed by atoms with Crippen LogP contribution in [-0.2, 0) is 9.59 Å². The lowest BCUT2D eigenvalue weighted by Crippen LogP contribution is -2.14. The first-order valence-corrected chi connectivity index (χ1v) is 6.71. The second-order valence-electron chi connectivity index (χ2n) is 5.03. The lowest BCUT2D eigenvalue weighted by molar-refractivity contribution is -0.117. The van der Waals surface area contributed by atoms with Crippen molar-refractivity contribution >= 4 is 23.2 Å². The van der Waals surface area contributed by atoms with Crippen LogP contribution in [0.15, 0.2) is 24.3 Å². The summed E-state index contributed by atoms with van der Waals surface area (Å²) in [6.07, 6.45) is 1.81. The molecule has 0 bridgehead atoms. The van der Waals surface area contributed by atoms with E-state index >= 15 is 0 Å². The van der Waals surface area contributed by atoms with Crippen LogP contribution in [0.3, 0.4) is 0 Å². The molecule has 19 heavy (non-hydrogen) atoms. The third kappa shape index (κ3) is 6.04. The smallest absolute Gasteiger partial charge is 0.224 e. The number of benzene rings is 1. The van der Waals surface area contributed by atoms with Gasteiger partial charge in [-0.1, -0.05) is 26.8 Å². The minimum absolute atomic E-state index is 0.00634. The van der Waals surface area contributed by atoms with Crippen LogP contribution in [-0.4, -0.2) is 11.8 Å². The number of carbonyl (C=O) groups excluding carboxylic acids is 2. The van der Waals surface area contributed by atoms with Crippen molar-refractivity contribution in [2.75, 3.05) is 10.6 Å². The minimum atomic E-state index is -0.00738. The van der Waals surface area contributed by atoms with E-state index < -0.39 is 0 Å². The Kier molecular flexibility index (Phi) is 6.06. The van der Waals surface area contributed by atoms with E-state index in [1.54, 1.807) is 6.07 Å². The predicted octanol–water partition coefficient (Wildman–Crippen LogP) is 3.41. The average Bonchev–Trinajstić information content (AvgIpc) is 2.28. The summed E-state index contributed by atoms with van der Waals surface area (Å²) in [5.41, 5.74) is 1.42. The van der Waals surface area contributed by atoms with Crippen LogP contribution < -0.4 is 10.6 Å². The molecule has 0 aliphatic carbocycles. The van der Waals surface area contributed by atoms with E-state index in [4.69, 9.17) is 0 Å². The SMILES string of the molecule is CCCC(=O)Nc1cccc(NC(=O)CC(C)C)c1. The fourth-order valence-electron chi connectivity index (χ4n) is 1.71. The van der Waals surface area contributed by atoms with E-state index in [9.17, 15) is 9.59 Å². The Labute approximate surface area is 114 Å². The number of amides is 2. The first-order valence-electron chi connectivity index (χ1n) is 6.71. The van der Waals surface area contributed by atoms with Gasteiger partial charge in [0.1, 0.15) is 0 Å². The second kappa shape index (κ2) is 7.56. The van der Waals surface area contributed by atoms with Gasteiger partial charge in [0.05, 0.1) is 0 Å². The average molecular weight is 262 g/mol. The minimum Gasteiger partial charge on any atom is -0.326 e. The second-order valence-corrected chi connectivity index (χ2v) is 5.03. The van der Waals surface area contributed by atoms with Gasteiger partial charge in [-0.05, 0) is 30.5 Å². The highest BCUT2D eigenvalue weighted by molar-refractivity contribution is 5.94. The predicted molar refractivity (Wildman–Crippen MR) is 78.1 cm³/mol. The van der Waals surface area contributed by atoms with Gasteiger partial charge in [-0.2, -0.15) is 0 Å². The summed E-state index contributed by atoms with van der Waals surface area (Å²) < 4.78 is 0. The molecule has 1 aromatic rings. The highest BCUT2D eigenvalue weighted by Gasteiger charge is 2.06. The molecule has 0 atom stereocenters. The molecule has 0 aromatic heterocycles.